The van der Waals surface area contributed by atoms with Crippen LogP contribution in [0.5, 0.6) is 5.88 Å². The fourth-order valence-corrected chi connectivity index (χ4v) is 4.41. The summed E-state index contributed by atoms with van der Waals surface area (Å²) in [6.07, 6.45) is 11.8. The summed E-state index contributed by atoms with van der Waals surface area (Å²) in [5.41, 5.74) is 2.06. The summed E-state index contributed by atoms with van der Waals surface area (Å²) >= 11 is 0. The largest absolute Gasteiger partial charge is 0.480 e. The number of nitrogens with zero attached hydrogens (tertiary/aromatic N) is 6. The number of likely N-dealkylation sites (N-methyl/N-ethyl adjacent to an activating group) is 1. The van der Waals surface area contributed by atoms with Crippen LogP contribution in [-0.2, 0) is 16.6 Å². The Kier molecular flexibility index (Phi) is 6.88. The Morgan fingerprint density at radius 3 is 2.69 bits per heavy atom. The van der Waals surface area contributed by atoms with Crippen molar-refractivity contribution in [1.82, 2.24) is 34.6 Å². The van der Waals surface area contributed by atoms with Crippen LogP contribution in [0.25, 0.3) is 16.8 Å². The molecule has 3 aromatic rings. The number of carbonyl (C=O) groups excluding carboxylic acids is 1. The zero-order chi connectivity index (χ0) is 25.2. The van der Waals surface area contributed by atoms with E-state index in [-0.39, 0.29) is 23.6 Å². The first kappa shape index (κ1) is 24.4. The van der Waals surface area contributed by atoms with Crippen molar-refractivity contribution in [2.75, 3.05) is 13.6 Å². The number of aliphatic carboxylic acids is 1. The topological polar surface area (TPSA) is 127 Å². The molecule has 1 aliphatic heterocycles. The van der Waals surface area contributed by atoms with Crippen LogP contribution < -0.4 is 10.1 Å². The fourth-order valence-electron chi connectivity index (χ4n) is 4.41. The van der Waals surface area contributed by atoms with Crippen molar-refractivity contribution >= 4 is 17.4 Å². The van der Waals surface area contributed by atoms with Crippen molar-refractivity contribution in [2.45, 2.75) is 50.3 Å². The number of carbonyl (C=O) groups is 2. The number of nitrogens with one attached hydrogen (secondary N) is 1. The number of amides is 1. The first-order chi connectivity index (χ1) is 16.7. The molecule has 1 aliphatic carbocycles. The molecule has 2 fully saturated rings. The fraction of sp³-hybridized carbons (Fsp3) is 0.458. The molecule has 0 spiro atoms. The van der Waals surface area contributed by atoms with Gasteiger partial charge in [0.1, 0.15) is 17.2 Å². The highest BCUT2D eigenvalue weighted by Crippen LogP contribution is 2.40. The van der Waals surface area contributed by atoms with E-state index in [4.69, 9.17) is 14.8 Å². The van der Waals surface area contributed by atoms with Gasteiger partial charge in [0.15, 0.2) is 0 Å². The van der Waals surface area contributed by atoms with Gasteiger partial charge < -0.3 is 20.1 Å². The first-order valence-electron chi connectivity index (χ1n) is 11.6. The van der Waals surface area contributed by atoms with Crippen molar-refractivity contribution in [3.05, 3.63) is 43.5 Å². The van der Waals surface area contributed by atoms with Gasteiger partial charge in [-0.05, 0) is 38.5 Å². The second-order valence-electron chi connectivity index (χ2n) is 9.25. The Balaban J connectivity index is 0.000000308. The molecule has 11 heteroatoms. The predicted molar refractivity (Wildman–Crippen MR) is 129 cm³/mol. The van der Waals surface area contributed by atoms with E-state index in [0.717, 1.165) is 49.0 Å². The molecule has 0 aromatic carbocycles. The molecule has 3 aromatic heterocycles. The van der Waals surface area contributed by atoms with Crippen molar-refractivity contribution in [2.24, 2.45) is 7.05 Å². The quantitative estimate of drug-likeness (QED) is 0.511. The highest BCUT2D eigenvalue weighted by molar-refractivity contribution is 5.87. The Labute approximate surface area is 203 Å². The van der Waals surface area contributed by atoms with Crippen molar-refractivity contribution < 1.29 is 19.4 Å². The van der Waals surface area contributed by atoms with Crippen LogP contribution in [-0.4, -0.2) is 77.5 Å². The summed E-state index contributed by atoms with van der Waals surface area (Å²) < 4.78 is 9.80. The maximum absolute atomic E-state index is 11.8. The average molecular weight is 482 g/mol. The minimum atomic E-state index is -0.720. The third kappa shape index (κ3) is 5.35. The molecule has 1 saturated carbocycles. The maximum Gasteiger partial charge on any atom is 0.320 e. The summed E-state index contributed by atoms with van der Waals surface area (Å²) in [5, 5.41) is 19.7. The van der Waals surface area contributed by atoms with E-state index in [1.165, 1.54) is 6.08 Å². The standard InChI is InChI=1S/C19H22N6O2.C5H9NO2/c1-5-17(26)24(4)14-8-19(2,9-14)27-18-16-6-7-20-25(16)12-15(22-18)13-10-21-23(3)11-13;7-5(8)4-2-1-3-6-4/h5-7,10-12,14H,1,8-9H2,2-4H3;4,6H,1-3H2,(H,7,8)/t;4-/m.0/s1. The molecule has 11 nitrogen and oxygen atoms in total. The lowest BCUT2D eigenvalue weighted by atomic mass is 9.76. The van der Waals surface area contributed by atoms with E-state index >= 15 is 0 Å². The number of hydrogen-bond acceptors (Lipinski definition) is 7. The lowest BCUT2D eigenvalue weighted by Gasteiger charge is -2.48. The summed E-state index contributed by atoms with van der Waals surface area (Å²) in [5.74, 6) is -0.257. The second-order valence-corrected chi connectivity index (χ2v) is 9.25. The van der Waals surface area contributed by atoms with Gasteiger partial charge in [0.05, 0.1) is 24.3 Å². The van der Waals surface area contributed by atoms with Gasteiger partial charge >= 0.3 is 5.97 Å². The number of rotatable bonds is 6. The van der Waals surface area contributed by atoms with Gasteiger partial charge in [0.2, 0.25) is 11.8 Å². The van der Waals surface area contributed by atoms with Gasteiger partial charge in [-0.25, -0.2) is 9.50 Å². The molecule has 1 atom stereocenters. The van der Waals surface area contributed by atoms with E-state index in [2.05, 4.69) is 22.1 Å². The Bertz CT molecular complexity index is 1220. The Morgan fingerprint density at radius 1 is 1.34 bits per heavy atom. The van der Waals surface area contributed by atoms with Crippen LogP contribution in [0, 0.1) is 0 Å². The van der Waals surface area contributed by atoms with Crippen molar-refractivity contribution in [3.8, 4) is 17.1 Å². The molecular weight excluding hydrogens is 450 g/mol. The van der Waals surface area contributed by atoms with Gasteiger partial charge in [-0.2, -0.15) is 10.2 Å². The van der Waals surface area contributed by atoms with Gasteiger partial charge in [0, 0.05) is 44.7 Å². The molecule has 186 valence electrons. The monoisotopic (exact) mass is 481 g/mol. The lowest BCUT2D eigenvalue weighted by Crippen LogP contribution is -2.56. The third-order valence-electron chi connectivity index (χ3n) is 6.46. The van der Waals surface area contributed by atoms with Gasteiger partial charge in [-0.3, -0.25) is 14.3 Å². The van der Waals surface area contributed by atoms with E-state index in [0.29, 0.717) is 5.88 Å². The molecule has 1 saturated heterocycles. The predicted octanol–water partition coefficient (Wildman–Crippen LogP) is 1.90. The molecule has 2 aliphatic rings. The molecule has 0 unspecified atom stereocenters. The Morgan fingerprint density at radius 2 is 2.11 bits per heavy atom. The van der Waals surface area contributed by atoms with Crippen LogP contribution in [0.1, 0.15) is 32.6 Å². The van der Waals surface area contributed by atoms with Crippen LogP contribution in [0.2, 0.25) is 0 Å². The summed E-state index contributed by atoms with van der Waals surface area (Å²) in [6.45, 7) is 6.45. The minimum Gasteiger partial charge on any atom is -0.480 e. The van der Waals surface area contributed by atoms with Crippen molar-refractivity contribution in [1.29, 1.82) is 0 Å². The summed E-state index contributed by atoms with van der Waals surface area (Å²) in [6, 6.07) is 1.75. The van der Waals surface area contributed by atoms with E-state index < -0.39 is 5.97 Å². The maximum atomic E-state index is 11.8. The smallest absolute Gasteiger partial charge is 0.320 e. The van der Waals surface area contributed by atoms with Crippen molar-refractivity contribution in [3.63, 3.8) is 0 Å². The minimum absolute atomic E-state index is 0.0723. The number of fused-ring (bicyclic) bond motifs is 1. The molecule has 1 amide bonds. The van der Waals surface area contributed by atoms with E-state index in [9.17, 15) is 9.59 Å². The zero-order valence-electron chi connectivity index (χ0n) is 20.2. The lowest BCUT2D eigenvalue weighted by molar-refractivity contribution is -0.139. The molecule has 0 bridgehead atoms. The highest BCUT2D eigenvalue weighted by atomic mass is 16.5. The van der Waals surface area contributed by atoms with Crippen LogP contribution in [0.3, 0.4) is 0 Å². The summed E-state index contributed by atoms with van der Waals surface area (Å²) in [4.78, 5) is 28.4. The molecule has 2 N–H and O–H groups in total. The Hall–Kier alpha value is -3.73. The summed E-state index contributed by atoms with van der Waals surface area (Å²) in [7, 11) is 3.66. The number of aryl methyl sites for hydroxylation is 1. The normalized spacial score (nSPS) is 23.2. The highest BCUT2D eigenvalue weighted by Gasteiger charge is 2.46. The average Bonchev–Trinajstić information content (AvgIpc) is 3.58. The molecule has 0 radical (unpaired) electrons. The molecule has 4 heterocycles. The number of carboxylic acids is 1. The van der Waals surface area contributed by atoms with Crippen LogP contribution in [0.4, 0.5) is 0 Å². The third-order valence-corrected chi connectivity index (χ3v) is 6.46. The second kappa shape index (κ2) is 9.87. The number of aromatic nitrogens is 5. The van der Waals surface area contributed by atoms with Gasteiger partial charge in [-0.1, -0.05) is 6.58 Å². The van der Waals surface area contributed by atoms with E-state index in [1.807, 2.05) is 32.4 Å². The number of ether oxygens (including phenoxy) is 1. The molecule has 5 rings (SSSR count). The van der Waals surface area contributed by atoms with Gasteiger partial charge in [-0.15, -0.1) is 0 Å². The zero-order valence-corrected chi connectivity index (χ0v) is 20.2. The number of hydrogen-bond donors (Lipinski definition) is 2. The molecule has 35 heavy (non-hydrogen) atoms. The van der Waals surface area contributed by atoms with E-state index in [1.54, 1.807) is 33.5 Å². The van der Waals surface area contributed by atoms with Crippen LogP contribution in [0.15, 0.2) is 43.5 Å². The first-order valence-corrected chi connectivity index (χ1v) is 11.6. The molecular formula is C24H31N7O4. The number of carboxylic acid groups (broad SMARTS) is 1. The van der Waals surface area contributed by atoms with Gasteiger partial charge in [0.25, 0.3) is 0 Å². The SMILES string of the molecule is C=CC(=O)N(C)C1CC(C)(Oc2nc(-c3cnn(C)c3)cn3nccc23)C1.O=C(O)[C@@H]1CCCN1. The van der Waals surface area contributed by atoms with Crippen LogP contribution >= 0.6 is 0 Å².